The van der Waals surface area contributed by atoms with Crippen molar-refractivity contribution in [3.8, 4) is 0 Å². The lowest BCUT2D eigenvalue weighted by atomic mass is 10.1. The van der Waals surface area contributed by atoms with Crippen molar-refractivity contribution < 1.29 is 4.79 Å². The zero-order chi connectivity index (χ0) is 18.9. The Kier molecular flexibility index (Phi) is 6.58. The Morgan fingerprint density at radius 2 is 1.67 bits per heavy atom. The SMILES string of the molecule is CC(Nc1ccc(C(=O)NCCCc2ccccc2)cn1)c1ccccc1. The van der Waals surface area contributed by atoms with Gasteiger partial charge in [0.25, 0.3) is 5.91 Å². The largest absolute Gasteiger partial charge is 0.364 e. The van der Waals surface area contributed by atoms with Gasteiger partial charge in [-0.2, -0.15) is 0 Å². The van der Waals surface area contributed by atoms with Crippen molar-refractivity contribution in [3.63, 3.8) is 0 Å². The van der Waals surface area contributed by atoms with Gasteiger partial charge in [-0.3, -0.25) is 4.79 Å². The summed E-state index contributed by atoms with van der Waals surface area (Å²) < 4.78 is 0. The van der Waals surface area contributed by atoms with Gasteiger partial charge in [-0.25, -0.2) is 4.98 Å². The van der Waals surface area contributed by atoms with E-state index in [2.05, 4.69) is 46.8 Å². The molecule has 138 valence electrons. The summed E-state index contributed by atoms with van der Waals surface area (Å²) in [6.45, 7) is 2.74. The number of carbonyl (C=O) groups excluding carboxylic acids is 1. The smallest absolute Gasteiger partial charge is 0.252 e. The molecular weight excluding hydrogens is 334 g/mol. The van der Waals surface area contributed by atoms with Crippen LogP contribution in [0.3, 0.4) is 0 Å². The van der Waals surface area contributed by atoms with Gasteiger partial charge in [0.1, 0.15) is 5.82 Å². The van der Waals surface area contributed by atoms with Gasteiger partial charge in [0, 0.05) is 18.8 Å². The summed E-state index contributed by atoms with van der Waals surface area (Å²) >= 11 is 0. The van der Waals surface area contributed by atoms with Crippen molar-refractivity contribution in [1.82, 2.24) is 10.3 Å². The van der Waals surface area contributed by atoms with Crippen LogP contribution in [0, 0.1) is 0 Å². The van der Waals surface area contributed by atoms with Crippen LogP contribution in [0.4, 0.5) is 5.82 Å². The summed E-state index contributed by atoms with van der Waals surface area (Å²) in [6, 6.07) is 24.3. The molecule has 0 saturated carbocycles. The average Bonchev–Trinajstić information content (AvgIpc) is 2.73. The first-order valence-electron chi connectivity index (χ1n) is 9.32. The zero-order valence-electron chi connectivity index (χ0n) is 15.6. The normalized spacial score (nSPS) is 11.6. The number of hydrogen-bond acceptors (Lipinski definition) is 3. The molecule has 4 nitrogen and oxygen atoms in total. The minimum Gasteiger partial charge on any atom is -0.364 e. The Morgan fingerprint density at radius 1 is 0.963 bits per heavy atom. The molecule has 1 aromatic heterocycles. The maximum Gasteiger partial charge on any atom is 0.252 e. The Labute approximate surface area is 160 Å². The number of benzene rings is 2. The number of aromatic nitrogens is 1. The first-order valence-corrected chi connectivity index (χ1v) is 9.32. The number of anilines is 1. The van der Waals surface area contributed by atoms with E-state index in [1.165, 1.54) is 11.1 Å². The number of nitrogens with one attached hydrogen (secondary N) is 2. The predicted molar refractivity (Wildman–Crippen MR) is 110 cm³/mol. The molecule has 1 amide bonds. The molecule has 2 aromatic carbocycles. The second-order valence-electron chi connectivity index (χ2n) is 6.55. The summed E-state index contributed by atoms with van der Waals surface area (Å²) in [5.74, 6) is 0.671. The van der Waals surface area contributed by atoms with Crippen molar-refractivity contribution >= 4 is 11.7 Å². The molecule has 0 radical (unpaired) electrons. The number of aryl methyl sites for hydroxylation is 1. The fraction of sp³-hybridized carbons (Fsp3) is 0.217. The van der Waals surface area contributed by atoms with E-state index in [9.17, 15) is 4.79 Å². The fourth-order valence-corrected chi connectivity index (χ4v) is 2.90. The Bertz CT molecular complexity index is 833. The van der Waals surface area contributed by atoms with Crippen LogP contribution in [0.15, 0.2) is 79.0 Å². The third kappa shape index (κ3) is 5.68. The molecule has 0 aliphatic carbocycles. The lowest BCUT2D eigenvalue weighted by molar-refractivity contribution is 0.0953. The third-order valence-electron chi connectivity index (χ3n) is 4.46. The zero-order valence-corrected chi connectivity index (χ0v) is 15.6. The number of amides is 1. The van der Waals surface area contributed by atoms with Crippen molar-refractivity contribution in [2.24, 2.45) is 0 Å². The highest BCUT2D eigenvalue weighted by Crippen LogP contribution is 2.17. The standard InChI is InChI=1S/C23H25N3O/c1-18(20-12-6-3-7-13-20)26-22-15-14-21(17-25-22)23(27)24-16-8-11-19-9-4-2-5-10-19/h2-7,9-10,12-15,17-18H,8,11,16H2,1H3,(H,24,27)(H,25,26). The van der Waals surface area contributed by atoms with E-state index in [0.717, 1.165) is 18.7 Å². The maximum atomic E-state index is 12.2. The van der Waals surface area contributed by atoms with Crippen molar-refractivity contribution in [2.45, 2.75) is 25.8 Å². The molecule has 3 rings (SSSR count). The van der Waals surface area contributed by atoms with Gasteiger partial charge >= 0.3 is 0 Å². The van der Waals surface area contributed by atoms with Crippen LogP contribution in [-0.4, -0.2) is 17.4 Å². The molecule has 4 heteroatoms. The molecule has 0 aliphatic heterocycles. The van der Waals surface area contributed by atoms with E-state index < -0.39 is 0 Å². The van der Waals surface area contributed by atoms with Gasteiger partial charge < -0.3 is 10.6 Å². The number of hydrogen-bond donors (Lipinski definition) is 2. The molecule has 0 saturated heterocycles. The highest BCUT2D eigenvalue weighted by atomic mass is 16.1. The topological polar surface area (TPSA) is 54.0 Å². The molecule has 3 aromatic rings. The van der Waals surface area contributed by atoms with Gasteiger partial charge in [-0.1, -0.05) is 60.7 Å². The van der Waals surface area contributed by atoms with E-state index in [1.54, 1.807) is 12.3 Å². The molecule has 0 bridgehead atoms. The molecule has 27 heavy (non-hydrogen) atoms. The Balaban J connectivity index is 1.45. The summed E-state index contributed by atoms with van der Waals surface area (Å²) in [5, 5.41) is 6.31. The quantitative estimate of drug-likeness (QED) is 0.577. The van der Waals surface area contributed by atoms with Crippen LogP contribution < -0.4 is 10.6 Å². The summed E-state index contributed by atoms with van der Waals surface area (Å²) in [5.41, 5.74) is 3.06. The Hall–Kier alpha value is -3.14. The minimum absolute atomic E-state index is 0.0850. The highest BCUT2D eigenvalue weighted by Gasteiger charge is 2.08. The molecule has 1 heterocycles. The van der Waals surface area contributed by atoms with E-state index in [-0.39, 0.29) is 11.9 Å². The van der Waals surface area contributed by atoms with E-state index in [1.807, 2.05) is 42.5 Å². The number of nitrogens with zero attached hydrogens (tertiary/aromatic N) is 1. The third-order valence-corrected chi connectivity index (χ3v) is 4.46. The van der Waals surface area contributed by atoms with Crippen LogP contribution in [0.2, 0.25) is 0 Å². The van der Waals surface area contributed by atoms with Gasteiger partial charge in [0.05, 0.1) is 5.56 Å². The van der Waals surface area contributed by atoms with Crippen LogP contribution >= 0.6 is 0 Å². The summed E-state index contributed by atoms with van der Waals surface area (Å²) in [4.78, 5) is 16.6. The molecule has 0 spiro atoms. The molecule has 2 N–H and O–H groups in total. The van der Waals surface area contributed by atoms with Crippen molar-refractivity contribution in [2.75, 3.05) is 11.9 Å². The molecule has 1 unspecified atom stereocenters. The lowest BCUT2D eigenvalue weighted by Crippen LogP contribution is -2.25. The second-order valence-corrected chi connectivity index (χ2v) is 6.55. The number of rotatable bonds is 8. The average molecular weight is 359 g/mol. The first kappa shape index (κ1) is 18.6. The van der Waals surface area contributed by atoms with E-state index in [0.29, 0.717) is 12.1 Å². The van der Waals surface area contributed by atoms with Gasteiger partial charge in [0.15, 0.2) is 0 Å². The predicted octanol–water partition coefficient (Wildman–Crippen LogP) is 4.62. The van der Waals surface area contributed by atoms with Crippen molar-refractivity contribution in [3.05, 3.63) is 95.7 Å². The van der Waals surface area contributed by atoms with Gasteiger partial charge in [-0.15, -0.1) is 0 Å². The van der Waals surface area contributed by atoms with E-state index >= 15 is 0 Å². The Morgan fingerprint density at radius 3 is 2.33 bits per heavy atom. The molecule has 0 aliphatic rings. The minimum atomic E-state index is -0.0850. The van der Waals surface area contributed by atoms with Gasteiger partial charge in [0.2, 0.25) is 0 Å². The molecule has 0 fully saturated rings. The maximum absolute atomic E-state index is 12.2. The number of pyridine rings is 1. The highest BCUT2D eigenvalue weighted by molar-refractivity contribution is 5.94. The monoisotopic (exact) mass is 359 g/mol. The van der Waals surface area contributed by atoms with Crippen LogP contribution in [0.1, 0.15) is 40.9 Å². The molecular formula is C23H25N3O. The number of carbonyl (C=O) groups is 1. The van der Waals surface area contributed by atoms with Crippen molar-refractivity contribution in [1.29, 1.82) is 0 Å². The fourth-order valence-electron chi connectivity index (χ4n) is 2.90. The molecule has 1 atom stereocenters. The van der Waals surface area contributed by atoms with Crippen LogP contribution in [0.25, 0.3) is 0 Å². The van der Waals surface area contributed by atoms with Crippen LogP contribution in [0.5, 0.6) is 0 Å². The van der Waals surface area contributed by atoms with E-state index in [4.69, 9.17) is 0 Å². The lowest BCUT2D eigenvalue weighted by Gasteiger charge is -2.15. The van der Waals surface area contributed by atoms with Crippen LogP contribution in [-0.2, 0) is 6.42 Å². The second kappa shape index (κ2) is 9.53. The summed E-state index contributed by atoms with van der Waals surface area (Å²) in [7, 11) is 0. The summed E-state index contributed by atoms with van der Waals surface area (Å²) in [6.07, 6.45) is 3.49. The van der Waals surface area contributed by atoms with Gasteiger partial charge in [-0.05, 0) is 43.0 Å². The first-order chi connectivity index (χ1) is 13.2.